The Morgan fingerprint density at radius 3 is 2.48 bits per heavy atom. The summed E-state index contributed by atoms with van der Waals surface area (Å²) in [5.74, 6) is -0.459. The van der Waals surface area contributed by atoms with E-state index in [4.69, 9.17) is 16.0 Å². The number of nitro groups is 1. The van der Waals surface area contributed by atoms with Crippen LogP contribution in [0.25, 0.3) is 11.3 Å². The molecule has 2 amide bonds. The second-order valence-corrected chi connectivity index (χ2v) is 7.79. The van der Waals surface area contributed by atoms with E-state index in [1.807, 2.05) is 12.2 Å². The first-order chi connectivity index (χ1) is 13.9. The maximum absolute atomic E-state index is 12.6. The normalized spacial score (nSPS) is 27.4. The zero-order valence-corrected chi connectivity index (χ0v) is 15.7. The van der Waals surface area contributed by atoms with Gasteiger partial charge in [-0.1, -0.05) is 23.8 Å². The number of halogens is 1. The summed E-state index contributed by atoms with van der Waals surface area (Å²) in [5.41, 5.74) is 0.0839. The Kier molecular flexibility index (Phi) is 3.92. The molecule has 1 saturated carbocycles. The Morgan fingerprint density at radius 2 is 1.83 bits per heavy atom. The number of benzene rings is 1. The van der Waals surface area contributed by atoms with Crippen LogP contribution in [0.4, 0.5) is 5.69 Å². The van der Waals surface area contributed by atoms with Gasteiger partial charge in [-0.3, -0.25) is 19.7 Å². The number of hydrazone groups is 1. The van der Waals surface area contributed by atoms with Crippen molar-refractivity contribution in [2.24, 2.45) is 28.8 Å². The zero-order chi connectivity index (χ0) is 20.3. The van der Waals surface area contributed by atoms with Crippen LogP contribution < -0.4 is 0 Å². The van der Waals surface area contributed by atoms with Crippen molar-refractivity contribution >= 4 is 35.3 Å². The molecule has 2 aromatic rings. The maximum Gasteiger partial charge on any atom is 0.281 e. The highest BCUT2D eigenvalue weighted by molar-refractivity contribution is 6.30. The largest absolute Gasteiger partial charge is 0.455 e. The SMILES string of the molecule is O=C1[C@@H]2[C@@H](C(=O)N1/N=C\c1ccc(-c3ccc(Cl)cc3[N+](=O)[O-])o1)[C@H]1C=C[C@H]2C1. The third-order valence-electron chi connectivity index (χ3n) is 5.80. The zero-order valence-electron chi connectivity index (χ0n) is 14.9. The van der Waals surface area contributed by atoms with Crippen LogP contribution in [0.5, 0.6) is 0 Å². The quantitative estimate of drug-likeness (QED) is 0.251. The lowest BCUT2D eigenvalue weighted by molar-refractivity contribution is -0.384. The number of nitro benzene ring substituents is 1. The van der Waals surface area contributed by atoms with E-state index in [0.29, 0.717) is 0 Å². The summed E-state index contributed by atoms with van der Waals surface area (Å²) >= 11 is 5.84. The van der Waals surface area contributed by atoms with E-state index in [1.165, 1.54) is 24.4 Å². The highest BCUT2D eigenvalue weighted by Gasteiger charge is 2.59. The predicted octanol–water partition coefficient (Wildman–Crippen LogP) is 3.65. The van der Waals surface area contributed by atoms with Crippen molar-refractivity contribution in [3.8, 4) is 11.3 Å². The van der Waals surface area contributed by atoms with Gasteiger partial charge in [-0.25, -0.2) is 0 Å². The molecule has 2 fully saturated rings. The first-order valence-electron chi connectivity index (χ1n) is 9.08. The molecule has 5 rings (SSSR count). The van der Waals surface area contributed by atoms with Crippen LogP contribution in [0.15, 0.2) is 52.0 Å². The summed E-state index contributed by atoms with van der Waals surface area (Å²) in [6.45, 7) is 0. The molecule has 146 valence electrons. The van der Waals surface area contributed by atoms with Crippen LogP contribution >= 0.6 is 11.6 Å². The Hall–Kier alpha value is -3.26. The summed E-state index contributed by atoms with van der Waals surface area (Å²) < 4.78 is 5.62. The maximum atomic E-state index is 12.6. The molecule has 2 aliphatic carbocycles. The average molecular weight is 412 g/mol. The molecule has 1 aromatic carbocycles. The molecule has 0 spiro atoms. The van der Waals surface area contributed by atoms with Gasteiger partial charge in [0.25, 0.3) is 17.5 Å². The molecule has 1 saturated heterocycles. The fourth-order valence-electron chi connectivity index (χ4n) is 4.55. The first-order valence-corrected chi connectivity index (χ1v) is 9.46. The van der Waals surface area contributed by atoms with E-state index >= 15 is 0 Å². The van der Waals surface area contributed by atoms with E-state index in [0.717, 1.165) is 11.4 Å². The van der Waals surface area contributed by atoms with Crippen molar-refractivity contribution in [1.29, 1.82) is 0 Å². The molecule has 2 heterocycles. The van der Waals surface area contributed by atoms with Crippen LogP contribution in [-0.2, 0) is 9.59 Å². The number of carbonyl (C=O) groups is 2. The van der Waals surface area contributed by atoms with Crippen LogP contribution in [0.3, 0.4) is 0 Å². The monoisotopic (exact) mass is 411 g/mol. The fraction of sp³-hybridized carbons (Fsp3) is 0.250. The number of allylic oxidation sites excluding steroid dienone is 2. The number of nitrogens with zero attached hydrogens (tertiary/aromatic N) is 3. The highest BCUT2D eigenvalue weighted by Crippen LogP contribution is 2.52. The van der Waals surface area contributed by atoms with Gasteiger partial charge in [-0.2, -0.15) is 10.1 Å². The van der Waals surface area contributed by atoms with Crippen molar-refractivity contribution in [2.75, 3.05) is 0 Å². The van der Waals surface area contributed by atoms with Crippen molar-refractivity contribution in [2.45, 2.75) is 6.42 Å². The van der Waals surface area contributed by atoms with Crippen LogP contribution in [0, 0.1) is 33.8 Å². The van der Waals surface area contributed by atoms with Gasteiger partial charge in [0.15, 0.2) is 0 Å². The molecule has 9 heteroatoms. The highest BCUT2D eigenvalue weighted by atomic mass is 35.5. The van der Waals surface area contributed by atoms with Crippen LogP contribution in [0.1, 0.15) is 12.2 Å². The summed E-state index contributed by atoms with van der Waals surface area (Å²) in [6, 6.07) is 7.40. The molecule has 8 nitrogen and oxygen atoms in total. The number of carbonyl (C=O) groups excluding carboxylic acids is 2. The van der Waals surface area contributed by atoms with Gasteiger partial charge in [0.1, 0.15) is 11.5 Å². The van der Waals surface area contributed by atoms with Gasteiger partial charge in [0.2, 0.25) is 0 Å². The minimum absolute atomic E-state index is 0.113. The van der Waals surface area contributed by atoms with Gasteiger partial charge >= 0.3 is 0 Å². The molecule has 1 aromatic heterocycles. The number of hydrogen-bond acceptors (Lipinski definition) is 6. The number of hydrogen-bond donors (Lipinski definition) is 0. The predicted molar refractivity (Wildman–Crippen MR) is 103 cm³/mol. The number of furan rings is 1. The molecule has 3 aliphatic rings. The lowest BCUT2D eigenvalue weighted by atomic mass is 9.85. The second-order valence-electron chi connectivity index (χ2n) is 7.35. The summed E-state index contributed by atoms with van der Waals surface area (Å²) in [7, 11) is 0. The lowest BCUT2D eigenvalue weighted by Crippen LogP contribution is -2.28. The fourth-order valence-corrected chi connectivity index (χ4v) is 4.71. The first kappa shape index (κ1) is 17.8. The molecule has 4 atom stereocenters. The summed E-state index contributed by atoms with van der Waals surface area (Å²) in [4.78, 5) is 36.0. The third kappa shape index (κ3) is 2.71. The molecule has 0 N–H and O–H groups in total. The van der Waals surface area contributed by atoms with E-state index in [1.54, 1.807) is 12.1 Å². The van der Waals surface area contributed by atoms with Gasteiger partial charge in [0.05, 0.1) is 28.5 Å². The van der Waals surface area contributed by atoms with E-state index in [2.05, 4.69) is 5.10 Å². The molecule has 0 unspecified atom stereocenters. The van der Waals surface area contributed by atoms with Crippen molar-refractivity contribution in [3.63, 3.8) is 0 Å². The Balaban J connectivity index is 1.39. The Morgan fingerprint density at radius 1 is 1.14 bits per heavy atom. The topological polar surface area (TPSA) is 106 Å². The standard InChI is InChI=1S/C20H14ClN3O5/c21-12-3-5-14(15(8-12)24(27)28)16-6-4-13(29-16)9-22-23-19(25)17-10-1-2-11(7-10)18(17)20(23)26/h1-6,8-11,17-18H,7H2/b22-9-/t10-,11-,17-,18-/m0/s1. The van der Waals surface area contributed by atoms with Crippen molar-refractivity contribution in [3.05, 3.63) is 63.4 Å². The van der Waals surface area contributed by atoms with Crippen LogP contribution in [-0.4, -0.2) is 28.0 Å². The van der Waals surface area contributed by atoms with Crippen molar-refractivity contribution < 1.29 is 18.9 Å². The molecule has 2 bridgehead atoms. The average Bonchev–Trinajstić information content (AvgIpc) is 3.46. The van der Waals surface area contributed by atoms with E-state index in [-0.39, 0.29) is 63.3 Å². The number of imide groups is 1. The van der Waals surface area contributed by atoms with Gasteiger partial charge < -0.3 is 4.42 Å². The molecule has 1 aliphatic heterocycles. The van der Waals surface area contributed by atoms with Gasteiger partial charge in [-0.05, 0) is 42.5 Å². The van der Waals surface area contributed by atoms with E-state index in [9.17, 15) is 19.7 Å². The number of fused-ring (bicyclic) bond motifs is 5. The minimum Gasteiger partial charge on any atom is -0.455 e. The second kappa shape index (κ2) is 6.38. The number of rotatable bonds is 4. The van der Waals surface area contributed by atoms with Crippen molar-refractivity contribution in [1.82, 2.24) is 5.01 Å². The third-order valence-corrected chi connectivity index (χ3v) is 6.03. The Labute approximate surface area is 169 Å². The number of amides is 2. The molecule has 29 heavy (non-hydrogen) atoms. The smallest absolute Gasteiger partial charge is 0.281 e. The molecular weight excluding hydrogens is 398 g/mol. The van der Waals surface area contributed by atoms with Gasteiger partial charge in [-0.15, -0.1) is 0 Å². The Bertz CT molecular complexity index is 1090. The lowest BCUT2D eigenvalue weighted by Gasteiger charge is -2.13. The molecule has 0 radical (unpaired) electrons. The summed E-state index contributed by atoms with van der Waals surface area (Å²) in [6.07, 6.45) is 6.16. The van der Waals surface area contributed by atoms with E-state index < -0.39 is 4.92 Å². The van der Waals surface area contributed by atoms with Crippen LogP contribution in [0.2, 0.25) is 5.02 Å². The summed E-state index contributed by atoms with van der Waals surface area (Å²) in [5, 5.41) is 16.5. The minimum atomic E-state index is -0.542. The molecular formula is C20H14ClN3O5. The van der Waals surface area contributed by atoms with Gasteiger partial charge in [0, 0.05) is 11.1 Å².